The summed E-state index contributed by atoms with van der Waals surface area (Å²) >= 11 is 0. The van der Waals surface area contributed by atoms with Crippen LogP contribution in [0.3, 0.4) is 0 Å². The molecule has 0 aromatic rings. The molecule has 0 aromatic heterocycles. The van der Waals surface area contributed by atoms with Crippen LogP contribution in [0.2, 0.25) is 0 Å². The molecule has 1 fully saturated rings. The van der Waals surface area contributed by atoms with E-state index in [2.05, 4.69) is 116 Å². The number of carbonyl (C=O) groups is 1. The fraction of sp³-hybridized carbons (Fsp3) is 0.612. The van der Waals surface area contributed by atoms with Crippen LogP contribution in [-0.4, -0.2) is 87.5 Å². The van der Waals surface area contributed by atoms with Crippen molar-refractivity contribution in [1.29, 1.82) is 0 Å². The number of amides is 1. The van der Waals surface area contributed by atoms with Crippen molar-refractivity contribution in [1.82, 2.24) is 5.32 Å². The van der Waals surface area contributed by atoms with E-state index >= 15 is 0 Å². The third-order valence-corrected chi connectivity index (χ3v) is 9.58. The van der Waals surface area contributed by atoms with E-state index in [9.17, 15) is 30.3 Å². The molecular weight excluding hydrogens is 731 g/mol. The Morgan fingerprint density at radius 3 is 1.66 bits per heavy atom. The zero-order valence-electron chi connectivity index (χ0n) is 35.7. The summed E-state index contributed by atoms with van der Waals surface area (Å²) in [5.41, 5.74) is 0. The largest absolute Gasteiger partial charge is 0.394 e. The van der Waals surface area contributed by atoms with Crippen molar-refractivity contribution < 1.29 is 39.8 Å². The van der Waals surface area contributed by atoms with Gasteiger partial charge >= 0.3 is 0 Å². The van der Waals surface area contributed by atoms with Crippen LogP contribution in [0.5, 0.6) is 0 Å². The van der Waals surface area contributed by atoms with Gasteiger partial charge in [0.25, 0.3) is 0 Å². The molecule has 1 aliphatic heterocycles. The lowest BCUT2D eigenvalue weighted by Crippen LogP contribution is -2.60. The maximum Gasteiger partial charge on any atom is 0.220 e. The molecule has 0 saturated carbocycles. The third-order valence-electron chi connectivity index (χ3n) is 9.58. The predicted octanol–water partition coefficient (Wildman–Crippen LogP) is 9.11. The SMILES string of the molecule is CC/C=C\C/C=C\C/C=C\C/C=C\C/C=C\C/C=C\C/C=C\CCCCCCCC(=O)NC(COC1OC(CO)C(O)C(O)C1O)C(O)/C=C/CC/C=C/CCCC. The molecule has 58 heavy (non-hydrogen) atoms. The second-order valence-corrected chi connectivity index (χ2v) is 14.7. The highest BCUT2D eigenvalue weighted by atomic mass is 16.7. The second-order valence-electron chi connectivity index (χ2n) is 14.7. The molecular formula is C49H79NO8. The first-order valence-electron chi connectivity index (χ1n) is 22.1. The van der Waals surface area contributed by atoms with Crippen molar-refractivity contribution in [3.8, 4) is 0 Å². The molecule has 1 amide bonds. The average molecular weight is 810 g/mol. The Morgan fingerprint density at radius 2 is 1.09 bits per heavy atom. The van der Waals surface area contributed by atoms with E-state index in [1.54, 1.807) is 6.08 Å². The van der Waals surface area contributed by atoms with Gasteiger partial charge in [0, 0.05) is 6.42 Å². The van der Waals surface area contributed by atoms with Crippen LogP contribution < -0.4 is 5.32 Å². The number of hydrogen-bond acceptors (Lipinski definition) is 8. The molecule has 1 saturated heterocycles. The summed E-state index contributed by atoms with van der Waals surface area (Å²) in [5, 5.41) is 53.9. The van der Waals surface area contributed by atoms with E-state index in [4.69, 9.17) is 9.47 Å². The van der Waals surface area contributed by atoms with E-state index in [1.807, 2.05) is 6.08 Å². The summed E-state index contributed by atoms with van der Waals surface area (Å²) in [4.78, 5) is 12.9. The normalized spacial score (nSPS) is 21.9. The first-order chi connectivity index (χ1) is 28.3. The van der Waals surface area contributed by atoms with Gasteiger partial charge in [0.05, 0.1) is 25.4 Å². The molecule has 0 aliphatic carbocycles. The van der Waals surface area contributed by atoms with Crippen LogP contribution in [0.25, 0.3) is 0 Å². The van der Waals surface area contributed by atoms with Gasteiger partial charge in [-0.1, -0.05) is 155 Å². The van der Waals surface area contributed by atoms with Crippen LogP contribution in [0.4, 0.5) is 0 Å². The number of nitrogens with one attached hydrogen (secondary N) is 1. The molecule has 1 heterocycles. The van der Waals surface area contributed by atoms with Gasteiger partial charge in [-0.25, -0.2) is 0 Å². The Labute approximate surface area is 351 Å². The number of ether oxygens (including phenoxy) is 2. The number of carbonyl (C=O) groups excluding carboxylic acids is 1. The highest BCUT2D eigenvalue weighted by Crippen LogP contribution is 2.22. The van der Waals surface area contributed by atoms with Gasteiger partial charge in [0.15, 0.2) is 6.29 Å². The molecule has 0 aromatic carbocycles. The second kappa shape index (κ2) is 38.1. The lowest BCUT2D eigenvalue weighted by Gasteiger charge is -2.40. The van der Waals surface area contributed by atoms with E-state index in [0.717, 1.165) is 116 Å². The fourth-order valence-electron chi connectivity index (χ4n) is 6.02. The Balaban J connectivity index is 2.29. The lowest BCUT2D eigenvalue weighted by molar-refractivity contribution is -0.302. The molecule has 6 N–H and O–H groups in total. The minimum Gasteiger partial charge on any atom is -0.394 e. The lowest BCUT2D eigenvalue weighted by atomic mass is 9.99. The number of rotatable bonds is 34. The van der Waals surface area contributed by atoms with E-state index in [1.165, 1.54) is 0 Å². The summed E-state index contributed by atoms with van der Waals surface area (Å²) in [7, 11) is 0. The third kappa shape index (κ3) is 28.3. The Kier molecular flexibility index (Phi) is 34.7. The van der Waals surface area contributed by atoms with Crippen molar-refractivity contribution in [2.75, 3.05) is 13.2 Å². The maximum atomic E-state index is 12.9. The van der Waals surface area contributed by atoms with Crippen LogP contribution in [0.15, 0.2) is 109 Å². The number of aliphatic hydroxyl groups is 5. The standard InChI is InChI=1S/C49H79NO8/c1-3-5-7-9-11-13-14-15-16-17-18-19-20-21-22-23-24-25-26-27-28-29-30-31-33-35-37-39-45(53)50-42(43(52)38-36-34-32-12-10-8-6-4-2)41-57-49-48(56)47(55)46(54)44(40-51)58-49/h5,7,10-13,15-16,18-19,21-22,24-25,27-28,36,38,42-44,46-49,51-52,54-56H,3-4,6,8-9,14,17,20,23,26,29-35,37,39-41H2,1-2H3,(H,50,53)/b7-5-,12-10+,13-11-,16-15-,19-18-,22-21-,25-24-,28-27-,38-36+. The van der Waals surface area contributed by atoms with Gasteiger partial charge in [-0.15, -0.1) is 0 Å². The maximum absolute atomic E-state index is 12.9. The number of unbranched alkanes of at least 4 members (excludes halogenated alkanes) is 8. The summed E-state index contributed by atoms with van der Waals surface area (Å²) in [6.45, 7) is 3.51. The van der Waals surface area contributed by atoms with Crippen LogP contribution in [0.1, 0.15) is 136 Å². The highest BCUT2D eigenvalue weighted by Gasteiger charge is 2.44. The van der Waals surface area contributed by atoms with Gasteiger partial charge in [-0.3, -0.25) is 4.79 Å². The molecule has 328 valence electrons. The predicted molar refractivity (Wildman–Crippen MR) is 239 cm³/mol. The first-order valence-corrected chi connectivity index (χ1v) is 22.1. The Morgan fingerprint density at radius 1 is 0.603 bits per heavy atom. The zero-order chi connectivity index (χ0) is 42.3. The molecule has 0 spiro atoms. The highest BCUT2D eigenvalue weighted by molar-refractivity contribution is 5.76. The van der Waals surface area contributed by atoms with Gasteiger partial charge < -0.3 is 40.3 Å². The van der Waals surface area contributed by atoms with Gasteiger partial charge in [0.2, 0.25) is 5.91 Å². The topological polar surface area (TPSA) is 149 Å². The van der Waals surface area contributed by atoms with Crippen molar-refractivity contribution in [3.63, 3.8) is 0 Å². The van der Waals surface area contributed by atoms with Gasteiger partial charge in [-0.2, -0.15) is 0 Å². The monoisotopic (exact) mass is 810 g/mol. The molecule has 7 atom stereocenters. The Bertz CT molecular complexity index is 1260. The van der Waals surface area contributed by atoms with Crippen molar-refractivity contribution in [2.24, 2.45) is 0 Å². The Hall–Kier alpha value is -3.15. The van der Waals surface area contributed by atoms with E-state index in [-0.39, 0.29) is 12.5 Å². The van der Waals surface area contributed by atoms with Crippen molar-refractivity contribution >= 4 is 5.91 Å². The quantitative estimate of drug-likeness (QED) is 0.0279. The average Bonchev–Trinajstić information content (AvgIpc) is 3.22. The van der Waals surface area contributed by atoms with E-state index in [0.29, 0.717) is 6.42 Å². The van der Waals surface area contributed by atoms with Crippen LogP contribution in [0, 0.1) is 0 Å². The minimum atomic E-state index is -1.58. The molecule has 7 unspecified atom stereocenters. The summed E-state index contributed by atoms with van der Waals surface area (Å²) < 4.78 is 11.1. The van der Waals surface area contributed by atoms with Crippen molar-refractivity contribution in [3.05, 3.63) is 109 Å². The molecule has 9 nitrogen and oxygen atoms in total. The number of allylic oxidation sites excluding steroid dienone is 17. The van der Waals surface area contributed by atoms with E-state index < -0.39 is 49.5 Å². The fourth-order valence-corrected chi connectivity index (χ4v) is 6.02. The minimum absolute atomic E-state index is 0.217. The van der Waals surface area contributed by atoms with Gasteiger partial charge in [-0.05, 0) is 83.5 Å². The van der Waals surface area contributed by atoms with Crippen LogP contribution in [-0.2, 0) is 14.3 Å². The first kappa shape index (κ1) is 52.9. The summed E-state index contributed by atoms with van der Waals surface area (Å²) in [5.74, 6) is -0.217. The van der Waals surface area contributed by atoms with Gasteiger partial charge in [0.1, 0.15) is 24.4 Å². The number of aliphatic hydroxyl groups excluding tert-OH is 5. The molecule has 0 bridgehead atoms. The zero-order valence-corrected chi connectivity index (χ0v) is 35.7. The molecule has 9 heteroatoms. The molecule has 1 rings (SSSR count). The number of hydrogen-bond donors (Lipinski definition) is 6. The molecule has 1 aliphatic rings. The molecule has 0 radical (unpaired) electrons. The van der Waals surface area contributed by atoms with Crippen LogP contribution >= 0.6 is 0 Å². The smallest absolute Gasteiger partial charge is 0.220 e. The summed E-state index contributed by atoms with van der Waals surface area (Å²) in [6, 6.07) is -0.837. The van der Waals surface area contributed by atoms with Crippen molar-refractivity contribution in [2.45, 2.75) is 179 Å². The summed E-state index contributed by atoms with van der Waals surface area (Å²) in [6.07, 6.45) is 48.7.